The van der Waals surface area contributed by atoms with E-state index in [4.69, 9.17) is 0 Å². The van der Waals surface area contributed by atoms with Crippen molar-refractivity contribution in [3.8, 4) is 0 Å². The third-order valence-electron chi connectivity index (χ3n) is 6.00. The Balaban J connectivity index is 1.25. The van der Waals surface area contributed by atoms with Crippen LogP contribution in [0.5, 0.6) is 0 Å². The Morgan fingerprint density at radius 3 is 2.20 bits per heavy atom. The van der Waals surface area contributed by atoms with E-state index >= 15 is 0 Å². The van der Waals surface area contributed by atoms with Crippen molar-refractivity contribution in [2.24, 2.45) is 0 Å². The van der Waals surface area contributed by atoms with Crippen molar-refractivity contribution < 1.29 is 14.4 Å². The van der Waals surface area contributed by atoms with Crippen molar-refractivity contribution in [1.82, 2.24) is 14.7 Å². The molecule has 2 heterocycles. The zero-order chi connectivity index (χ0) is 21.1. The molecule has 4 rings (SSSR count). The molecule has 2 aromatic rings. The first-order valence-electron chi connectivity index (χ1n) is 10.6. The maximum atomic E-state index is 12.7. The fraction of sp³-hybridized carbons (Fsp3) is 0.375. The van der Waals surface area contributed by atoms with Crippen LogP contribution in [-0.2, 0) is 11.3 Å². The molecule has 3 amide bonds. The molecule has 6 heteroatoms. The van der Waals surface area contributed by atoms with Crippen LogP contribution in [0.25, 0.3) is 0 Å². The fourth-order valence-corrected chi connectivity index (χ4v) is 4.26. The largest absolute Gasteiger partial charge is 0.340 e. The normalized spacial score (nSPS) is 19.3. The van der Waals surface area contributed by atoms with E-state index in [0.717, 1.165) is 13.1 Å². The van der Waals surface area contributed by atoms with Crippen LogP contribution in [0.4, 0.5) is 0 Å². The number of piperazine rings is 1. The Morgan fingerprint density at radius 1 is 0.933 bits per heavy atom. The van der Waals surface area contributed by atoms with Crippen molar-refractivity contribution in [3.63, 3.8) is 0 Å². The first kappa shape index (κ1) is 20.3. The summed E-state index contributed by atoms with van der Waals surface area (Å²) in [5.74, 6) is -0.421. The molecule has 30 heavy (non-hydrogen) atoms. The lowest BCUT2D eigenvalue weighted by Crippen LogP contribution is -2.53. The summed E-state index contributed by atoms with van der Waals surface area (Å²) in [7, 11) is 0. The molecule has 1 atom stereocenters. The molecule has 0 aliphatic carbocycles. The number of imide groups is 1. The minimum atomic E-state index is -0.258. The second-order valence-electron chi connectivity index (χ2n) is 8.06. The van der Waals surface area contributed by atoms with Crippen LogP contribution in [0.15, 0.2) is 54.6 Å². The number of carbonyl (C=O) groups excluding carboxylic acids is 3. The lowest BCUT2D eigenvalue weighted by atomic mass is 10.1. The van der Waals surface area contributed by atoms with Gasteiger partial charge in [0, 0.05) is 45.2 Å². The highest BCUT2D eigenvalue weighted by molar-refractivity contribution is 6.21. The maximum absolute atomic E-state index is 12.7. The highest BCUT2D eigenvalue weighted by Crippen LogP contribution is 2.23. The van der Waals surface area contributed by atoms with E-state index in [0.29, 0.717) is 43.1 Å². The van der Waals surface area contributed by atoms with Crippen LogP contribution in [0.1, 0.15) is 46.0 Å². The van der Waals surface area contributed by atoms with E-state index in [9.17, 15) is 14.4 Å². The molecular weight excluding hydrogens is 378 g/mol. The van der Waals surface area contributed by atoms with Crippen LogP contribution >= 0.6 is 0 Å². The number of carbonyl (C=O) groups is 3. The molecule has 1 unspecified atom stereocenters. The van der Waals surface area contributed by atoms with Crippen molar-refractivity contribution in [3.05, 3.63) is 71.3 Å². The van der Waals surface area contributed by atoms with Crippen molar-refractivity contribution in [2.75, 3.05) is 26.2 Å². The van der Waals surface area contributed by atoms with Crippen LogP contribution in [0, 0.1) is 0 Å². The Morgan fingerprint density at radius 2 is 1.57 bits per heavy atom. The molecule has 2 aliphatic heterocycles. The molecule has 156 valence electrons. The van der Waals surface area contributed by atoms with E-state index in [2.05, 4.69) is 24.0 Å². The van der Waals surface area contributed by atoms with Crippen molar-refractivity contribution >= 4 is 17.7 Å². The number of rotatable bonds is 6. The minimum Gasteiger partial charge on any atom is -0.340 e. The molecule has 0 N–H and O–H groups in total. The Labute approximate surface area is 177 Å². The van der Waals surface area contributed by atoms with Gasteiger partial charge in [0.15, 0.2) is 0 Å². The number of amides is 3. The van der Waals surface area contributed by atoms with Crippen molar-refractivity contribution in [2.45, 2.75) is 32.4 Å². The molecule has 1 saturated heterocycles. The standard InChI is InChI=1S/C24H27N3O3/c1-18-16-26(15-14-25(18)17-19-8-3-2-4-9-19)22(28)12-7-13-27-23(29)20-10-5-6-11-21(20)24(27)30/h2-6,8-11,18H,7,12-17H2,1H3. The average Bonchev–Trinajstić information content (AvgIpc) is 3.01. The van der Waals surface area contributed by atoms with Gasteiger partial charge in [-0.2, -0.15) is 0 Å². The number of nitrogens with zero attached hydrogens (tertiary/aromatic N) is 3. The van der Waals surface area contributed by atoms with Gasteiger partial charge in [0.2, 0.25) is 5.91 Å². The van der Waals surface area contributed by atoms with Gasteiger partial charge in [0.25, 0.3) is 11.8 Å². The first-order chi connectivity index (χ1) is 14.5. The molecule has 0 bridgehead atoms. The number of fused-ring (bicyclic) bond motifs is 1. The SMILES string of the molecule is CC1CN(C(=O)CCCN2C(=O)c3ccccc3C2=O)CCN1Cc1ccccc1. The van der Waals surface area contributed by atoms with Crippen LogP contribution in [0.2, 0.25) is 0 Å². The smallest absolute Gasteiger partial charge is 0.261 e. The highest BCUT2D eigenvalue weighted by atomic mass is 16.2. The van der Waals surface area contributed by atoms with Crippen LogP contribution in [0.3, 0.4) is 0 Å². The first-order valence-corrected chi connectivity index (χ1v) is 10.6. The second kappa shape index (κ2) is 8.79. The van der Waals surface area contributed by atoms with Gasteiger partial charge in [0.1, 0.15) is 0 Å². The third-order valence-corrected chi connectivity index (χ3v) is 6.00. The topological polar surface area (TPSA) is 60.9 Å². The highest BCUT2D eigenvalue weighted by Gasteiger charge is 2.35. The Bertz CT molecular complexity index is 909. The number of benzene rings is 2. The third kappa shape index (κ3) is 4.14. The zero-order valence-corrected chi connectivity index (χ0v) is 17.3. The van der Waals surface area contributed by atoms with Gasteiger partial charge >= 0.3 is 0 Å². The summed E-state index contributed by atoms with van der Waals surface area (Å²) < 4.78 is 0. The zero-order valence-electron chi connectivity index (χ0n) is 17.3. The molecule has 6 nitrogen and oxygen atoms in total. The summed E-state index contributed by atoms with van der Waals surface area (Å²) in [4.78, 5) is 43.1. The quantitative estimate of drug-likeness (QED) is 0.694. The molecular formula is C24H27N3O3. The van der Waals surface area contributed by atoms with E-state index in [-0.39, 0.29) is 24.3 Å². The second-order valence-corrected chi connectivity index (χ2v) is 8.06. The van der Waals surface area contributed by atoms with Gasteiger partial charge in [0.05, 0.1) is 11.1 Å². The summed E-state index contributed by atoms with van der Waals surface area (Å²) in [5, 5.41) is 0. The minimum absolute atomic E-state index is 0.0952. The van der Waals surface area contributed by atoms with Gasteiger partial charge in [-0.15, -0.1) is 0 Å². The average molecular weight is 405 g/mol. The van der Waals surface area contributed by atoms with E-state index in [1.807, 2.05) is 23.1 Å². The van der Waals surface area contributed by atoms with Crippen LogP contribution < -0.4 is 0 Å². The monoisotopic (exact) mass is 405 g/mol. The molecule has 2 aromatic carbocycles. The lowest BCUT2D eigenvalue weighted by Gasteiger charge is -2.40. The van der Waals surface area contributed by atoms with Gasteiger partial charge in [-0.3, -0.25) is 24.2 Å². The molecule has 1 fully saturated rings. The van der Waals surface area contributed by atoms with Gasteiger partial charge in [-0.25, -0.2) is 0 Å². The predicted molar refractivity (Wildman–Crippen MR) is 114 cm³/mol. The predicted octanol–water partition coefficient (Wildman–Crippen LogP) is 2.80. The molecule has 0 spiro atoms. The van der Waals surface area contributed by atoms with Crippen molar-refractivity contribution in [1.29, 1.82) is 0 Å². The fourth-order valence-electron chi connectivity index (χ4n) is 4.26. The van der Waals surface area contributed by atoms with E-state index in [1.165, 1.54) is 10.5 Å². The van der Waals surface area contributed by atoms with E-state index in [1.54, 1.807) is 24.3 Å². The Kier molecular flexibility index (Phi) is 5.95. The summed E-state index contributed by atoms with van der Waals surface area (Å²) in [6.07, 6.45) is 0.835. The van der Waals surface area contributed by atoms with Gasteiger partial charge in [-0.1, -0.05) is 42.5 Å². The Hall–Kier alpha value is -2.99. The summed E-state index contributed by atoms with van der Waals surface area (Å²) in [6, 6.07) is 17.5. The van der Waals surface area contributed by atoms with Crippen LogP contribution in [-0.4, -0.2) is 64.6 Å². The summed E-state index contributed by atoms with van der Waals surface area (Å²) >= 11 is 0. The summed E-state index contributed by atoms with van der Waals surface area (Å²) in [5.41, 5.74) is 2.19. The van der Waals surface area contributed by atoms with E-state index < -0.39 is 0 Å². The molecule has 0 aromatic heterocycles. The molecule has 0 saturated carbocycles. The maximum Gasteiger partial charge on any atom is 0.261 e. The van der Waals surface area contributed by atoms with Gasteiger partial charge in [-0.05, 0) is 31.0 Å². The summed E-state index contributed by atoms with van der Waals surface area (Å²) in [6.45, 7) is 5.59. The molecule has 0 radical (unpaired) electrons. The molecule has 2 aliphatic rings. The number of hydrogen-bond acceptors (Lipinski definition) is 4. The lowest BCUT2D eigenvalue weighted by molar-refractivity contribution is -0.134. The number of hydrogen-bond donors (Lipinski definition) is 0. The van der Waals surface area contributed by atoms with Gasteiger partial charge < -0.3 is 4.90 Å².